The minimum absolute atomic E-state index is 0.165. The van der Waals surface area contributed by atoms with E-state index in [2.05, 4.69) is 24.8 Å². The van der Waals surface area contributed by atoms with Crippen molar-refractivity contribution in [1.29, 1.82) is 0 Å². The second-order valence-electron chi connectivity index (χ2n) is 7.78. The Bertz CT molecular complexity index is 833. The molecule has 0 bridgehead atoms. The molecule has 0 N–H and O–H groups in total. The number of amides is 1. The van der Waals surface area contributed by atoms with E-state index in [1.165, 1.54) is 0 Å². The molecule has 8 heteroatoms. The number of hydrogen-bond acceptors (Lipinski definition) is 7. The molecular formula is C20H26N6O2. The molecule has 2 fully saturated rings. The van der Waals surface area contributed by atoms with Gasteiger partial charge in [0.1, 0.15) is 0 Å². The van der Waals surface area contributed by atoms with Gasteiger partial charge in [0.25, 0.3) is 5.88 Å². The Morgan fingerprint density at radius 2 is 1.86 bits per heavy atom. The lowest BCUT2D eigenvalue weighted by Crippen LogP contribution is -2.51. The number of ether oxygens (including phenoxy) is 1. The summed E-state index contributed by atoms with van der Waals surface area (Å²) >= 11 is 0. The van der Waals surface area contributed by atoms with E-state index in [9.17, 15) is 4.79 Å². The zero-order valence-electron chi connectivity index (χ0n) is 16.5. The maximum Gasteiger partial charge on any atom is 0.257 e. The molecule has 0 atom stereocenters. The fourth-order valence-corrected chi connectivity index (χ4v) is 4.22. The summed E-state index contributed by atoms with van der Waals surface area (Å²) in [5.41, 5.74) is 1.90. The lowest BCUT2D eigenvalue weighted by molar-refractivity contribution is -0.139. The van der Waals surface area contributed by atoms with Gasteiger partial charge in [0, 0.05) is 44.6 Å². The van der Waals surface area contributed by atoms with Gasteiger partial charge in [-0.15, -0.1) is 0 Å². The molecule has 4 rings (SSSR count). The van der Waals surface area contributed by atoms with E-state index in [0.29, 0.717) is 18.8 Å². The molecule has 0 aliphatic carbocycles. The lowest BCUT2D eigenvalue weighted by atomic mass is 9.72. The summed E-state index contributed by atoms with van der Waals surface area (Å²) in [5.74, 6) is 1.58. The summed E-state index contributed by atoms with van der Waals surface area (Å²) in [6.45, 7) is 5.02. The van der Waals surface area contributed by atoms with Crippen LogP contribution in [-0.2, 0) is 11.3 Å². The van der Waals surface area contributed by atoms with Gasteiger partial charge in [-0.1, -0.05) is 0 Å². The van der Waals surface area contributed by atoms with Crippen LogP contribution in [-0.4, -0.2) is 57.5 Å². The van der Waals surface area contributed by atoms with Gasteiger partial charge in [0.15, 0.2) is 5.82 Å². The van der Waals surface area contributed by atoms with Gasteiger partial charge in [-0.05, 0) is 31.6 Å². The fraction of sp³-hybridized carbons (Fsp3) is 0.550. The molecule has 0 radical (unpaired) electrons. The van der Waals surface area contributed by atoms with Crippen molar-refractivity contribution in [3.05, 3.63) is 36.2 Å². The fourth-order valence-electron chi connectivity index (χ4n) is 4.22. The molecule has 1 spiro atoms. The van der Waals surface area contributed by atoms with Gasteiger partial charge in [-0.2, -0.15) is 0 Å². The number of aryl methyl sites for hydroxylation is 1. The number of piperidine rings is 2. The smallest absolute Gasteiger partial charge is 0.257 e. The Kier molecular flexibility index (Phi) is 5.11. The molecule has 2 aliphatic heterocycles. The second kappa shape index (κ2) is 7.69. The summed E-state index contributed by atoms with van der Waals surface area (Å²) in [4.78, 5) is 34.1. The molecule has 0 saturated carbocycles. The first kappa shape index (κ1) is 18.6. The number of carbonyl (C=O) groups is 1. The molecule has 28 heavy (non-hydrogen) atoms. The lowest BCUT2D eigenvalue weighted by Gasteiger charge is -2.47. The Morgan fingerprint density at radius 3 is 2.57 bits per heavy atom. The van der Waals surface area contributed by atoms with Crippen LogP contribution in [0.5, 0.6) is 5.88 Å². The number of carbonyl (C=O) groups excluding carboxylic acids is 1. The maximum absolute atomic E-state index is 12.5. The highest BCUT2D eigenvalue weighted by Gasteiger charge is 2.41. The minimum Gasteiger partial charge on any atom is -0.478 e. The Labute approximate surface area is 165 Å². The van der Waals surface area contributed by atoms with Gasteiger partial charge in [-0.3, -0.25) is 14.8 Å². The van der Waals surface area contributed by atoms with Gasteiger partial charge in [0.05, 0.1) is 31.2 Å². The van der Waals surface area contributed by atoms with Crippen LogP contribution >= 0.6 is 0 Å². The van der Waals surface area contributed by atoms with Crippen LogP contribution in [0.2, 0.25) is 0 Å². The van der Waals surface area contributed by atoms with E-state index in [1.807, 2.05) is 11.8 Å². The van der Waals surface area contributed by atoms with Crippen molar-refractivity contribution in [3.63, 3.8) is 0 Å². The monoisotopic (exact) mass is 382 g/mol. The van der Waals surface area contributed by atoms with Crippen LogP contribution in [0.4, 0.5) is 5.82 Å². The summed E-state index contributed by atoms with van der Waals surface area (Å²) in [6, 6.07) is 0. The SMILES string of the molecule is COc1nccnc1N1CCC2(CCC(=O)N(Cc3cnc(C)cn3)C2)CC1. The van der Waals surface area contributed by atoms with Crippen molar-refractivity contribution < 1.29 is 9.53 Å². The molecule has 148 valence electrons. The largest absolute Gasteiger partial charge is 0.478 e. The molecule has 0 unspecified atom stereocenters. The van der Waals surface area contributed by atoms with Crippen LogP contribution in [0.1, 0.15) is 37.1 Å². The number of methoxy groups -OCH3 is 1. The normalized spacial score (nSPS) is 19.1. The quantitative estimate of drug-likeness (QED) is 0.799. The summed E-state index contributed by atoms with van der Waals surface area (Å²) in [6.07, 6.45) is 10.5. The molecule has 4 heterocycles. The van der Waals surface area contributed by atoms with Crippen molar-refractivity contribution in [2.75, 3.05) is 31.6 Å². The third kappa shape index (κ3) is 3.76. The molecule has 1 amide bonds. The topological polar surface area (TPSA) is 84.3 Å². The number of anilines is 1. The van der Waals surface area contributed by atoms with Crippen molar-refractivity contribution >= 4 is 11.7 Å². The van der Waals surface area contributed by atoms with Crippen molar-refractivity contribution in [2.24, 2.45) is 5.41 Å². The van der Waals surface area contributed by atoms with Crippen molar-refractivity contribution in [1.82, 2.24) is 24.8 Å². The highest BCUT2D eigenvalue weighted by atomic mass is 16.5. The van der Waals surface area contributed by atoms with E-state index in [1.54, 1.807) is 31.9 Å². The van der Waals surface area contributed by atoms with E-state index in [0.717, 1.165) is 56.1 Å². The van der Waals surface area contributed by atoms with E-state index >= 15 is 0 Å². The summed E-state index contributed by atoms with van der Waals surface area (Å²) in [5, 5.41) is 0. The predicted molar refractivity (Wildman–Crippen MR) is 104 cm³/mol. The summed E-state index contributed by atoms with van der Waals surface area (Å²) < 4.78 is 5.36. The van der Waals surface area contributed by atoms with E-state index < -0.39 is 0 Å². The molecule has 8 nitrogen and oxygen atoms in total. The number of hydrogen-bond donors (Lipinski definition) is 0. The third-order valence-corrected chi connectivity index (χ3v) is 5.90. The molecule has 2 aromatic rings. The Morgan fingerprint density at radius 1 is 1.07 bits per heavy atom. The average molecular weight is 382 g/mol. The van der Waals surface area contributed by atoms with Crippen molar-refractivity contribution in [2.45, 2.75) is 39.2 Å². The number of rotatable bonds is 4. The molecule has 2 saturated heterocycles. The van der Waals surface area contributed by atoms with Crippen LogP contribution in [0.25, 0.3) is 0 Å². The number of nitrogens with zero attached hydrogens (tertiary/aromatic N) is 6. The number of likely N-dealkylation sites (tertiary alicyclic amines) is 1. The van der Waals surface area contributed by atoms with E-state index in [-0.39, 0.29) is 11.3 Å². The zero-order chi connectivity index (χ0) is 19.6. The molecular weight excluding hydrogens is 356 g/mol. The van der Waals surface area contributed by atoms with Crippen LogP contribution in [0, 0.1) is 12.3 Å². The van der Waals surface area contributed by atoms with Crippen molar-refractivity contribution in [3.8, 4) is 5.88 Å². The van der Waals surface area contributed by atoms with E-state index in [4.69, 9.17) is 4.74 Å². The van der Waals surface area contributed by atoms with Gasteiger partial charge < -0.3 is 14.5 Å². The van der Waals surface area contributed by atoms with Gasteiger partial charge in [0.2, 0.25) is 5.91 Å². The first-order chi connectivity index (χ1) is 13.6. The first-order valence-corrected chi connectivity index (χ1v) is 9.74. The standard InChI is InChI=1S/C20H26N6O2/c1-15-11-24-16(12-23-15)13-26-14-20(4-3-17(26)27)5-9-25(10-6-20)18-19(28-2)22-8-7-21-18/h7-8,11-12H,3-6,9-10,13-14H2,1-2H3. The predicted octanol–water partition coefficient (Wildman–Crippen LogP) is 1.99. The third-order valence-electron chi connectivity index (χ3n) is 5.90. The highest BCUT2D eigenvalue weighted by Crippen LogP contribution is 2.42. The highest BCUT2D eigenvalue weighted by molar-refractivity contribution is 5.77. The first-order valence-electron chi connectivity index (χ1n) is 9.74. The van der Waals surface area contributed by atoms with Gasteiger partial charge >= 0.3 is 0 Å². The molecule has 0 aromatic carbocycles. The maximum atomic E-state index is 12.5. The number of aromatic nitrogens is 4. The molecule has 2 aliphatic rings. The summed E-state index contributed by atoms with van der Waals surface area (Å²) in [7, 11) is 1.62. The Hall–Kier alpha value is -2.77. The second-order valence-corrected chi connectivity index (χ2v) is 7.78. The van der Waals surface area contributed by atoms with Crippen LogP contribution in [0.3, 0.4) is 0 Å². The zero-order valence-corrected chi connectivity index (χ0v) is 16.5. The van der Waals surface area contributed by atoms with Crippen LogP contribution in [0.15, 0.2) is 24.8 Å². The van der Waals surface area contributed by atoms with Gasteiger partial charge in [-0.25, -0.2) is 9.97 Å². The minimum atomic E-state index is 0.165. The Balaban J connectivity index is 1.43. The molecule has 2 aromatic heterocycles. The van der Waals surface area contributed by atoms with Crippen LogP contribution < -0.4 is 9.64 Å². The average Bonchev–Trinajstić information content (AvgIpc) is 2.73.